The van der Waals surface area contributed by atoms with Crippen molar-refractivity contribution in [1.82, 2.24) is 0 Å². The molecule has 0 amide bonds. The van der Waals surface area contributed by atoms with Gasteiger partial charge in [-0.1, -0.05) is 39.3 Å². The molecule has 8 atom stereocenters. The lowest BCUT2D eigenvalue weighted by Gasteiger charge is -2.69. The fourth-order valence-corrected chi connectivity index (χ4v) is 9.46. The van der Waals surface area contributed by atoms with E-state index in [0.29, 0.717) is 12.8 Å². The Hall–Kier alpha value is -2.15. The van der Waals surface area contributed by atoms with Crippen molar-refractivity contribution in [3.63, 3.8) is 0 Å². The molecule has 0 aromatic rings. The SMILES string of the molecule is COC(=O)[C@@]12C(=O)C(C)=C(O)[C@]1(C)C(C)=C[C@H]1[C@]3(C)CC[C@H](OC(C)=O)C(C)(C)[C@H]3[C@@H](O)C[C@@]12C. The Kier molecular flexibility index (Phi) is 5.51. The third-order valence-corrected chi connectivity index (χ3v) is 10.8. The van der Waals surface area contributed by atoms with Gasteiger partial charge >= 0.3 is 11.9 Å². The monoisotopic (exact) mass is 488 g/mol. The Bertz CT molecular complexity index is 1070. The number of aliphatic hydroxyl groups excluding tert-OH is 2. The summed E-state index contributed by atoms with van der Waals surface area (Å²) in [5.41, 5.74) is -4.08. The van der Waals surface area contributed by atoms with Crippen molar-refractivity contribution in [2.24, 2.45) is 38.9 Å². The molecule has 0 spiro atoms. The average Bonchev–Trinajstić information content (AvgIpc) is 2.91. The van der Waals surface area contributed by atoms with E-state index in [4.69, 9.17) is 9.47 Å². The molecular formula is C28H40O7. The van der Waals surface area contributed by atoms with Crippen molar-refractivity contribution in [3.8, 4) is 0 Å². The van der Waals surface area contributed by atoms with Crippen LogP contribution in [-0.4, -0.2) is 47.3 Å². The molecule has 0 heterocycles. The van der Waals surface area contributed by atoms with Gasteiger partial charge in [0.1, 0.15) is 11.9 Å². The van der Waals surface area contributed by atoms with E-state index in [0.717, 1.165) is 5.57 Å². The summed E-state index contributed by atoms with van der Waals surface area (Å²) in [6.07, 6.45) is 2.37. The van der Waals surface area contributed by atoms with Gasteiger partial charge in [-0.05, 0) is 57.3 Å². The van der Waals surface area contributed by atoms with Gasteiger partial charge in [-0.15, -0.1) is 0 Å². The van der Waals surface area contributed by atoms with Crippen LogP contribution in [0, 0.1) is 38.9 Å². The highest BCUT2D eigenvalue weighted by atomic mass is 16.5. The lowest BCUT2D eigenvalue weighted by atomic mass is 9.33. The zero-order valence-corrected chi connectivity index (χ0v) is 22.4. The molecule has 0 unspecified atom stereocenters. The third kappa shape index (κ3) is 2.68. The number of hydrogen-bond acceptors (Lipinski definition) is 7. The molecule has 35 heavy (non-hydrogen) atoms. The predicted molar refractivity (Wildman–Crippen MR) is 129 cm³/mol. The maximum Gasteiger partial charge on any atom is 0.321 e. The number of rotatable bonds is 2. The molecule has 194 valence electrons. The van der Waals surface area contributed by atoms with Crippen LogP contribution in [0.3, 0.4) is 0 Å². The zero-order valence-electron chi connectivity index (χ0n) is 22.4. The number of hydrogen-bond donors (Lipinski definition) is 2. The number of fused-ring (bicyclic) bond motifs is 5. The van der Waals surface area contributed by atoms with Crippen molar-refractivity contribution in [2.75, 3.05) is 7.11 Å². The molecule has 4 rings (SSSR count). The molecule has 0 aliphatic heterocycles. The first kappa shape index (κ1) is 25.9. The summed E-state index contributed by atoms with van der Waals surface area (Å²) in [6.45, 7) is 14.7. The van der Waals surface area contributed by atoms with Gasteiger partial charge in [0.25, 0.3) is 0 Å². The Labute approximate surface area is 207 Å². The van der Waals surface area contributed by atoms with Gasteiger partial charge < -0.3 is 19.7 Å². The molecule has 4 aliphatic carbocycles. The summed E-state index contributed by atoms with van der Waals surface area (Å²) in [4.78, 5) is 39.7. The van der Waals surface area contributed by atoms with Crippen LogP contribution in [0.4, 0.5) is 0 Å². The summed E-state index contributed by atoms with van der Waals surface area (Å²) in [6, 6.07) is 0. The van der Waals surface area contributed by atoms with E-state index in [1.54, 1.807) is 13.8 Å². The zero-order chi connectivity index (χ0) is 26.5. The fourth-order valence-electron chi connectivity index (χ4n) is 9.46. The second kappa shape index (κ2) is 7.44. The van der Waals surface area contributed by atoms with E-state index in [1.165, 1.54) is 14.0 Å². The highest BCUT2D eigenvalue weighted by Gasteiger charge is 2.81. The van der Waals surface area contributed by atoms with Gasteiger partial charge in [-0.25, -0.2) is 0 Å². The van der Waals surface area contributed by atoms with E-state index >= 15 is 0 Å². The number of ether oxygens (including phenoxy) is 2. The van der Waals surface area contributed by atoms with Crippen LogP contribution in [0.2, 0.25) is 0 Å². The van der Waals surface area contributed by atoms with E-state index in [-0.39, 0.29) is 41.7 Å². The number of ketones is 1. The van der Waals surface area contributed by atoms with Gasteiger partial charge in [-0.2, -0.15) is 0 Å². The number of allylic oxidation sites excluding steroid dienone is 3. The first-order valence-electron chi connectivity index (χ1n) is 12.6. The fraction of sp³-hybridized carbons (Fsp3) is 0.750. The van der Waals surface area contributed by atoms with E-state index in [1.807, 2.05) is 27.7 Å². The minimum Gasteiger partial charge on any atom is -0.511 e. The van der Waals surface area contributed by atoms with E-state index < -0.39 is 44.9 Å². The normalized spacial score (nSPS) is 46.2. The summed E-state index contributed by atoms with van der Waals surface area (Å²) in [5.74, 6) is -2.03. The topological polar surface area (TPSA) is 110 Å². The van der Waals surface area contributed by atoms with Crippen LogP contribution in [0.1, 0.15) is 74.7 Å². The summed E-state index contributed by atoms with van der Waals surface area (Å²) < 4.78 is 11.0. The largest absolute Gasteiger partial charge is 0.511 e. The molecule has 0 aromatic carbocycles. The number of Topliss-reactive ketones (excluding diaryl/α,β-unsaturated/α-hetero) is 1. The Morgan fingerprint density at radius 1 is 1.11 bits per heavy atom. The Morgan fingerprint density at radius 2 is 1.71 bits per heavy atom. The standard InChI is InChI=1S/C28H40O7/c1-14-12-18-25(6)11-10-19(35-16(3)29)24(4,5)20(25)17(30)13-26(18,7)28(23(33)34-9)22(32)15(2)21(31)27(14,28)8/h12,17-20,30-31H,10-11,13H2,1-9H3/t17-,18-,19-,20+,25-,26-,27-,28+/m0/s1. The molecule has 7 nitrogen and oxygen atoms in total. The number of aliphatic hydroxyl groups is 2. The molecule has 0 bridgehead atoms. The van der Waals surface area contributed by atoms with Gasteiger partial charge in [0, 0.05) is 23.3 Å². The van der Waals surface area contributed by atoms with Crippen molar-refractivity contribution >= 4 is 17.7 Å². The van der Waals surface area contributed by atoms with Crippen molar-refractivity contribution in [1.29, 1.82) is 0 Å². The molecule has 0 saturated heterocycles. The molecule has 0 aromatic heterocycles. The lowest BCUT2D eigenvalue weighted by molar-refractivity contribution is -0.245. The van der Waals surface area contributed by atoms with Crippen molar-refractivity contribution < 1.29 is 34.1 Å². The Morgan fingerprint density at radius 3 is 2.26 bits per heavy atom. The second-order valence-corrected chi connectivity index (χ2v) is 12.6. The quantitative estimate of drug-likeness (QED) is 0.339. The highest BCUT2D eigenvalue weighted by Crippen LogP contribution is 2.77. The van der Waals surface area contributed by atoms with E-state index in [9.17, 15) is 24.6 Å². The summed E-state index contributed by atoms with van der Waals surface area (Å²) >= 11 is 0. The number of carbonyl (C=O) groups is 3. The van der Waals surface area contributed by atoms with Crippen LogP contribution in [0.25, 0.3) is 0 Å². The first-order chi connectivity index (χ1) is 16.0. The first-order valence-corrected chi connectivity index (χ1v) is 12.6. The minimum absolute atomic E-state index is 0.0954. The maximum absolute atomic E-state index is 14.1. The highest BCUT2D eigenvalue weighted by molar-refractivity contribution is 6.17. The van der Waals surface area contributed by atoms with Crippen LogP contribution in [0.15, 0.2) is 23.0 Å². The van der Waals surface area contributed by atoms with Gasteiger partial charge in [0.05, 0.1) is 18.6 Å². The van der Waals surface area contributed by atoms with Crippen LogP contribution in [-0.2, 0) is 23.9 Å². The van der Waals surface area contributed by atoms with Crippen molar-refractivity contribution in [2.45, 2.75) is 86.9 Å². The molecule has 2 N–H and O–H groups in total. The molecule has 2 saturated carbocycles. The average molecular weight is 489 g/mol. The minimum atomic E-state index is -1.70. The molecular weight excluding hydrogens is 448 g/mol. The van der Waals surface area contributed by atoms with Crippen molar-refractivity contribution in [3.05, 3.63) is 23.0 Å². The number of methoxy groups -OCH3 is 1. The number of esters is 2. The van der Waals surface area contributed by atoms with E-state index in [2.05, 4.69) is 13.0 Å². The van der Waals surface area contributed by atoms with Gasteiger partial charge in [0.2, 0.25) is 0 Å². The molecule has 2 fully saturated rings. The second-order valence-electron chi connectivity index (χ2n) is 12.6. The summed E-state index contributed by atoms with van der Waals surface area (Å²) in [5, 5.41) is 23.1. The number of carbonyl (C=O) groups excluding carboxylic acids is 3. The van der Waals surface area contributed by atoms with Crippen LogP contribution in [0.5, 0.6) is 0 Å². The van der Waals surface area contributed by atoms with Gasteiger partial charge in [-0.3, -0.25) is 14.4 Å². The maximum atomic E-state index is 14.1. The van der Waals surface area contributed by atoms with Gasteiger partial charge in [0.15, 0.2) is 11.2 Å². The third-order valence-electron chi connectivity index (χ3n) is 10.8. The Balaban J connectivity index is 1.99. The molecule has 7 heteroatoms. The smallest absolute Gasteiger partial charge is 0.321 e. The molecule has 0 radical (unpaired) electrons. The summed E-state index contributed by atoms with van der Waals surface area (Å²) in [7, 11) is 1.28. The lowest BCUT2D eigenvalue weighted by Crippen LogP contribution is -2.72. The van der Waals surface area contributed by atoms with Crippen LogP contribution >= 0.6 is 0 Å². The van der Waals surface area contributed by atoms with Crippen LogP contribution < -0.4 is 0 Å². The predicted octanol–water partition coefficient (Wildman–Crippen LogP) is 4.29. The molecule has 4 aliphatic rings.